The maximum Gasteiger partial charge on any atom is 0.235 e. The number of aromatic amines is 1. The van der Waals surface area contributed by atoms with Gasteiger partial charge in [-0.15, -0.1) is 0 Å². The zero-order valence-corrected chi connectivity index (χ0v) is 16.2. The molecule has 2 amide bonds. The van der Waals surface area contributed by atoms with E-state index >= 15 is 0 Å². The first kappa shape index (κ1) is 18.6. The highest BCUT2D eigenvalue weighted by Crippen LogP contribution is 2.46. The van der Waals surface area contributed by atoms with Gasteiger partial charge in [0, 0.05) is 35.2 Å². The summed E-state index contributed by atoms with van der Waals surface area (Å²) in [5.41, 5.74) is 2.29. The van der Waals surface area contributed by atoms with Gasteiger partial charge in [0.25, 0.3) is 0 Å². The fourth-order valence-electron chi connectivity index (χ4n) is 3.45. The zero-order valence-electron chi connectivity index (χ0n) is 15.4. The van der Waals surface area contributed by atoms with Crippen molar-refractivity contribution in [2.45, 2.75) is 25.8 Å². The predicted molar refractivity (Wildman–Crippen MR) is 110 cm³/mol. The van der Waals surface area contributed by atoms with Crippen LogP contribution >= 0.6 is 11.6 Å². The van der Waals surface area contributed by atoms with Gasteiger partial charge in [0.05, 0.1) is 0 Å². The van der Waals surface area contributed by atoms with Crippen LogP contribution in [0.5, 0.6) is 0 Å². The first-order valence-electron chi connectivity index (χ1n) is 9.44. The van der Waals surface area contributed by atoms with Gasteiger partial charge < -0.3 is 15.6 Å². The zero-order chi connectivity index (χ0) is 19.6. The summed E-state index contributed by atoms with van der Waals surface area (Å²) in [6, 6.07) is 15.4. The van der Waals surface area contributed by atoms with Crippen LogP contribution in [-0.4, -0.2) is 23.3 Å². The van der Waals surface area contributed by atoms with Gasteiger partial charge in [0.1, 0.15) is 5.41 Å². The molecule has 1 fully saturated rings. The molecule has 0 atom stereocenters. The van der Waals surface area contributed by atoms with E-state index < -0.39 is 5.41 Å². The molecule has 4 rings (SSSR count). The predicted octanol–water partition coefficient (Wildman–Crippen LogP) is 3.58. The van der Waals surface area contributed by atoms with Crippen LogP contribution < -0.4 is 10.6 Å². The number of amides is 2. The van der Waals surface area contributed by atoms with Crippen LogP contribution in [0, 0.1) is 5.41 Å². The number of para-hydroxylation sites is 1. The molecule has 0 saturated heterocycles. The van der Waals surface area contributed by atoms with Gasteiger partial charge in [0.2, 0.25) is 11.8 Å². The summed E-state index contributed by atoms with van der Waals surface area (Å²) >= 11 is 5.87. The third-order valence-corrected chi connectivity index (χ3v) is 5.59. The summed E-state index contributed by atoms with van der Waals surface area (Å²) < 4.78 is 0. The monoisotopic (exact) mass is 395 g/mol. The van der Waals surface area contributed by atoms with Crippen LogP contribution in [0.15, 0.2) is 54.7 Å². The molecule has 3 aromatic rings. The molecule has 144 valence electrons. The van der Waals surface area contributed by atoms with Crippen molar-refractivity contribution in [3.8, 4) is 0 Å². The molecule has 3 N–H and O–H groups in total. The third-order valence-electron chi connectivity index (χ3n) is 5.34. The van der Waals surface area contributed by atoms with Gasteiger partial charge in [-0.05, 0) is 48.6 Å². The summed E-state index contributed by atoms with van der Waals surface area (Å²) in [6.07, 6.45) is 3.89. The standard InChI is InChI=1S/C22H22ClN3O2/c23-17-7-5-15(6-8-17)13-26-21(28)22(10-11-22)20(27)24-12-9-16-14-25-19-4-2-1-3-18(16)19/h1-8,14,25H,9-13H2,(H,24,27)(H,26,28). The summed E-state index contributed by atoms with van der Waals surface area (Å²) in [5, 5.41) is 7.65. The topological polar surface area (TPSA) is 74.0 Å². The van der Waals surface area contributed by atoms with E-state index in [1.165, 1.54) is 5.39 Å². The Morgan fingerprint density at radius 3 is 2.46 bits per heavy atom. The Morgan fingerprint density at radius 2 is 1.71 bits per heavy atom. The molecule has 0 bridgehead atoms. The van der Waals surface area contributed by atoms with Crippen LogP contribution in [0.25, 0.3) is 10.9 Å². The van der Waals surface area contributed by atoms with Crippen LogP contribution in [0.4, 0.5) is 0 Å². The maximum atomic E-state index is 12.6. The number of rotatable bonds is 7. The van der Waals surface area contributed by atoms with E-state index in [2.05, 4.69) is 21.7 Å². The SMILES string of the molecule is O=C(NCCc1c[nH]c2ccccc12)C1(C(=O)NCc2ccc(Cl)cc2)CC1. The second-order valence-electron chi connectivity index (χ2n) is 7.26. The lowest BCUT2D eigenvalue weighted by atomic mass is 10.0. The second-order valence-corrected chi connectivity index (χ2v) is 7.69. The van der Waals surface area contributed by atoms with Crippen LogP contribution in [-0.2, 0) is 22.6 Å². The second kappa shape index (κ2) is 7.68. The average molecular weight is 396 g/mol. The number of hydrogen-bond donors (Lipinski definition) is 3. The third kappa shape index (κ3) is 3.76. The molecular weight excluding hydrogens is 374 g/mol. The van der Waals surface area contributed by atoms with Crippen LogP contribution in [0.3, 0.4) is 0 Å². The Morgan fingerprint density at radius 1 is 1.00 bits per heavy atom. The Hall–Kier alpha value is -2.79. The molecule has 5 nitrogen and oxygen atoms in total. The van der Waals surface area contributed by atoms with E-state index in [4.69, 9.17) is 11.6 Å². The fourth-order valence-corrected chi connectivity index (χ4v) is 3.58. The number of H-pyrrole nitrogens is 1. The minimum absolute atomic E-state index is 0.180. The molecule has 0 radical (unpaired) electrons. The molecule has 2 aromatic carbocycles. The van der Waals surface area contributed by atoms with E-state index in [0.717, 1.165) is 23.1 Å². The Bertz CT molecular complexity index is 1010. The summed E-state index contributed by atoms with van der Waals surface area (Å²) in [4.78, 5) is 28.4. The smallest absolute Gasteiger partial charge is 0.235 e. The minimum Gasteiger partial charge on any atom is -0.361 e. The van der Waals surface area contributed by atoms with Crippen molar-refractivity contribution in [1.82, 2.24) is 15.6 Å². The lowest BCUT2D eigenvalue weighted by Gasteiger charge is -2.15. The molecule has 6 heteroatoms. The summed E-state index contributed by atoms with van der Waals surface area (Å²) in [6.45, 7) is 0.896. The highest BCUT2D eigenvalue weighted by molar-refractivity contribution is 6.30. The Balaban J connectivity index is 1.30. The molecule has 1 heterocycles. The van der Waals surface area contributed by atoms with Crippen molar-refractivity contribution >= 4 is 34.3 Å². The first-order valence-corrected chi connectivity index (χ1v) is 9.82. The van der Waals surface area contributed by atoms with Crippen LogP contribution in [0.2, 0.25) is 5.02 Å². The summed E-state index contributed by atoms with van der Waals surface area (Å²) in [7, 11) is 0. The summed E-state index contributed by atoms with van der Waals surface area (Å²) in [5.74, 6) is -0.381. The lowest BCUT2D eigenvalue weighted by Crippen LogP contribution is -2.43. The molecule has 0 aliphatic heterocycles. The number of carbonyl (C=O) groups excluding carboxylic acids is 2. The van der Waals surface area contributed by atoms with Crippen molar-refractivity contribution < 1.29 is 9.59 Å². The van der Waals surface area contributed by atoms with E-state index in [9.17, 15) is 9.59 Å². The van der Waals surface area contributed by atoms with Crippen molar-refractivity contribution in [3.05, 3.63) is 70.9 Å². The Labute approximate surface area is 168 Å². The molecule has 28 heavy (non-hydrogen) atoms. The molecule has 0 spiro atoms. The quantitative estimate of drug-likeness (QED) is 0.535. The van der Waals surface area contributed by atoms with Gasteiger partial charge in [-0.25, -0.2) is 0 Å². The molecule has 1 aliphatic rings. The van der Waals surface area contributed by atoms with Gasteiger partial charge in [-0.1, -0.05) is 41.9 Å². The average Bonchev–Trinajstić information content (AvgIpc) is 3.43. The van der Waals surface area contributed by atoms with E-state index in [-0.39, 0.29) is 11.8 Å². The van der Waals surface area contributed by atoms with Gasteiger partial charge in [0.15, 0.2) is 0 Å². The fraction of sp³-hybridized carbons (Fsp3) is 0.273. The number of hydrogen-bond acceptors (Lipinski definition) is 2. The first-order chi connectivity index (χ1) is 13.6. The largest absolute Gasteiger partial charge is 0.361 e. The van der Waals surface area contributed by atoms with Gasteiger partial charge in [-0.3, -0.25) is 9.59 Å². The number of carbonyl (C=O) groups is 2. The number of nitrogens with one attached hydrogen (secondary N) is 3. The molecular formula is C22H22ClN3O2. The van der Waals surface area contributed by atoms with Crippen molar-refractivity contribution in [1.29, 1.82) is 0 Å². The highest BCUT2D eigenvalue weighted by Gasteiger charge is 2.56. The van der Waals surface area contributed by atoms with E-state index in [1.54, 1.807) is 12.1 Å². The van der Waals surface area contributed by atoms with Crippen molar-refractivity contribution in [2.75, 3.05) is 6.54 Å². The van der Waals surface area contributed by atoms with Crippen molar-refractivity contribution in [2.24, 2.45) is 5.41 Å². The number of fused-ring (bicyclic) bond motifs is 1. The maximum absolute atomic E-state index is 12.6. The molecule has 1 aromatic heterocycles. The molecule has 0 unspecified atom stereocenters. The van der Waals surface area contributed by atoms with Crippen molar-refractivity contribution in [3.63, 3.8) is 0 Å². The Kier molecular flexibility index (Phi) is 5.09. The van der Waals surface area contributed by atoms with E-state index in [1.807, 2.05) is 36.5 Å². The molecule has 1 saturated carbocycles. The number of halogens is 1. The minimum atomic E-state index is -0.910. The van der Waals surface area contributed by atoms with Gasteiger partial charge >= 0.3 is 0 Å². The van der Waals surface area contributed by atoms with Gasteiger partial charge in [-0.2, -0.15) is 0 Å². The number of benzene rings is 2. The molecule has 1 aliphatic carbocycles. The van der Waals surface area contributed by atoms with E-state index in [0.29, 0.717) is 31.0 Å². The number of aromatic nitrogens is 1. The normalized spacial score (nSPS) is 14.6. The highest BCUT2D eigenvalue weighted by atomic mass is 35.5. The van der Waals surface area contributed by atoms with Crippen LogP contribution in [0.1, 0.15) is 24.0 Å². The lowest BCUT2D eigenvalue weighted by molar-refractivity contribution is -0.137.